The Morgan fingerprint density at radius 1 is 1.19 bits per heavy atom. The molecule has 2 N–H and O–H groups in total. The minimum absolute atomic E-state index is 0.0105. The zero-order chi connectivity index (χ0) is 14.8. The lowest BCUT2D eigenvalue weighted by atomic mass is 10.0. The van der Waals surface area contributed by atoms with E-state index in [9.17, 15) is 9.18 Å². The van der Waals surface area contributed by atoms with Crippen molar-refractivity contribution in [2.75, 3.05) is 12.3 Å². The molecule has 0 spiro atoms. The van der Waals surface area contributed by atoms with E-state index < -0.39 is 5.82 Å². The number of rotatable bonds is 2. The topological polar surface area (TPSA) is 46.3 Å². The fourth-order valence-electron chi connectivity index (χ4n) is 2.87. The van der Waals surface area contributed by atoms with Crippen LogP contribution >= 0.6 is 0 Å². The van der Waals surface area contributed by atoms with Gasteiger partial charge in [-0.2, -0.15) is 0 Å². The second kappa shape index (κ2) is 5.56. The van der Waals surface area contributed by atoms with Crippen LogP contribution in [0.4, 0.5) is 10.1 Å². The number of nitrogens with zero attached hydrogens (tertiary/aromatic N) is 1. The quantitative estimate of drug-likeness (QED) is 0.859. The normalized spacial score (nSPS) is 18.0. The number of anilines is 1. The highest BCUT2D eigenvalue weighted by molar-refractivity contribution is 5.95. The third-order valence-electron chi connectivity index (χ3n) is 3.94. The molecule has 3 nitrogen and oxygen atoms in total. The summed E-state index contributed by atoms with van der Waals surface area (Å²) in [7, 11) is 0. The van der Waals surface area contributed by atoms with Crippen LogP contribution in [0.3, 0.4) is 0 Å². The first-order valence-electron chi connectivity index (χ1n) is 7.08. The number of halogens is 1. The summed E-state index contributed by atoms with van der Waals surface area (Å²) in [5, 5.41) is 0. The molecule has 0 saturated carbocycles. The van der Waals surface area contributed by atoms with Crippen LogP contribution in [0.1, 0.15) is 34.8 Å². The number of hydrogen-bond acceptors (Lipinski definition) is 2. The lowest BCUT2D eigenvalue weighted by Gasteiger charge is -2.25. The number of amides is 1. The van der Waals surface area contributed by atoms with Crippen LogP contribution in [0.25, 0.3) is 0 Å². The van der Waals surface area contributed by atoms with E-state index in [1.165, 1.54) is 18.2 Å². The summed E-state index contributed by atoms with van der Waals surface area (Å²) >= 11 is 0. The number of nitrogens with two attached hydrogens (primary N) is 1. The number of hydrogen-bond donors (Lipinski definition) is 1. The molecule has 1 saturated heterocycles. The van der Waals surface area contributed by atoms with E-state index in [1.54, 1.807) is 0 Å². The second-order valence-corrected chi connectivity index (χ2v) is 5.30. The van der Waals surface area contributed by atoms with E-state index in [2.05, 4.69) is 0 Å². The Morgan fingerprint density at radius 2 is 1.95 bits per heavy atom. The molecule has 0 aromatic heterocycles. The monoisotopic (exact) mass is 284 g/mol. The van der Waals surface area contributed by atoms with Crippen molar-refractivity contribution in [1.82, 2.24) is 4.90 Å². The number of carbonyl (C=O) groups excluding carboxylic acids is 1. The largest absolute Gasteiger partial charge is 0.396 e. The molecule has 21 heavy (non-hydrogen) atoms. The van der Waals surface area contributed by atoms with Crippen molar-refractivity contribution in [3.05, 3.63) is 65.5 Å². The van der Waals surface area contributed by atoms with Crippen molar-refractivity contribution >= 4 is 11.6 Å². The highest BCUT2D eigenvalue weighted by Gasteiger charge is 2.30. The molecule has 1 aliphatic heterocycles. The molecule has 4 heteroatoms. The van der Waals surface area contributed by atoms with Crippen LogP contribution in [0.15, 0.2) is 48.5 Å². The maximum atomic E-state index is 13.2. The molecule has 2 aromatic rings. The summed E-state index contributed by atoms with van der Waals surface area (Å²) in [5.74, 6) is -0.583. The van der Waals surface area contributed by atoms with Gasteiger partial charge in [0.05, 0.1) is 11.7 Å². The zero-order valence-electron chi connectivity index (χ0n) is 11.6. The molecule has 3 rings (SSSR count). The standard InChI is InChI=1S/C17H17FN2O/c18-14-9-8-13(11-15(14)19)17(21)20-10-4-7-16(20)12-5-2-1-3-6-12/h1-3,5-6,8-9,11,16H,4,7,10,19H2. The first kappa shape index (κ1) is 13.6. The first-order chi connectivity index (χ1) is 10.2. The van der Waals surface area contributed by atoms with Crippen LogP contribution in [0.2, 0.25) is 0 Å². The van der Waals surface area contributed by atoms with Crippen LogP contribution < -0.4 is 5.73 Å². The Labute approximate surface area is 123 Å². The van der Waals surface area contributed by atoms with Crippen LogP contribution in [-0.2, 0) is 0 Å². The Hall–Kier alpha value is -2.36. The van der Waals surface area contributed by atoms with Crippen molar-refractivity contribution in [2.24, 2.45) is 0 Å². The van der Waals surface area contributed by atoms with Gasteiger partial charge < -0.3 is 10.6 Å². The van der Waals surface area contributed by atoms with E-state index in [-0.39, 0.29) is 17.6 Å². The lowest BCUT2D eigenvalue weighted by molar-refractivity contribution is 0.0735. The summed E-state index contributed by atoms with van der Waals surface area (Å²) in [6.45, 7) is 0.718. The summed E-state index contributed by atoms with van der Waals surface area (Å²) in [4.78, 5) is 14.5. The molecule has 2 aromatic carbocycles. The van der Waals surface area contributed by atoms with Crippen molar-refractivity contribution in [3.63, 3.8) is 0 Å². The average Bonchev–Trinajstić information content (AvgIpc) is 2.99. The molecule has 1 amide bonds. The third-order valence-corrected chi connectivity index (χ3v) is 3.94. The van der Waals surface area contributed by atoms with Gasteiger partial charge in [0.1, 0.15) is 5.82 Å². The summed E-state index contributed by atoms with van der Waals surface area (Å²) in [6, 6.07) is 14.2. The highest BCUT2D eigenvalue weighted by atomic mass is 19.1. The van der Waals surface area contributed by atoms with Gasteiger partial charge in [-0.3, -0.25) is 4.79 Å². The maximum absolute atomic E-state index is 13.2. The smallest absolute Gasteiger partial charge is 0.254 e. The van der Waals surface area contributed by atoms with Gasteiger partial charge in [0.25, 0.3) is 5.91 Å². The maximum Gasteiger partial charge on any atom is 0.254 e. The van der Waals surface area contributed by atoms with Crippen LogP contribution in [0, 0.1) is 5.82 Å². The van der Waals surface area contributed by atoms with Gasteiger partial charge in [-0.1, -0.05) is 30.3 Å². The van der Waals surface area contributed by atoms with Gasteiger partial charge in [0, 0.05) is 12.1 Å². The van der Waals surface area contributed by atoms with E-state index >= 15 is 0 Å². The SMILES string of the molecule is Nc1cc(C(=O)N2CCCC2c2ccccc2)ccc1F. The highest BCUT2D eigenvalue weighted by Crippen LogP contribution is 2.33. The van der Waals surface area contributed by atoms with E-state index in [1.807, 2.05) is 35.2 Å². The summed E-state index contributed by atoms with van der Waals surface area (Å²) in [5.41, 5.74) is 7.15. The fraction of sp³-hybridized carbons (Fsp3) is 0.235. The Morgan fingerprint density at radius 3 is 2.67 bits per heavy atom. The molecule has 0 bridgehead atoms. The number of benzene rings is 2. The van der Waals surface area contributed by atoms with E-state index in [0.29, 0.717) is 5.56 Å². The Balaban J connectivity index is 1.88. The van der Waals surface area contributed by atoms with Gasteiger partial charge in [-0.15, -0.1) is 0 Å². The Bertz CT molecular complexity index is 657. The van der Waals surface area contributed by atoms with Crippen molar-refractivity contribution in [1.29, 1.82) is 0 Å². The molecule has 0 aliphatic carbocycles. The molecular weight excluding hydrogens is 267 g/mol. The molecule has 1 aliphatic rings. The summed E-state index contributed by atoms with van der Waals surface area (Å²) < 4.78 is 13.2. The number of nitrogen functional groups attached to an aromatic ring is 1. The van der Waals surface area contributed by atoms with Crippen molar-refractivity contribution in [2.45, 2.75) is 18.9 Å². The predicted molar refractivity (Wildman–Crippen MR) is 80.3 cm³/mol. The van der Waals surface area contributed by atoms with E-state index in [0.717, 1.165) is 24.9 Å². The fourth-order valence-corrected chi connectivity index (χ4v) is 2.87. The minimum atomic E-state index is -0.493. The zero-order valence-corrected chi connectivity index (χ0v) is 11.6. The van der Waals surface area contributed by atoms with Crippen LogP contribution in [0.5, 0.6) is 0 Å². The molecular formula is C17H17FN2O. The molecule has 108 valence electrons. The van der Waals surface area contributed by atoms with Gasteiger partial charge in [-0.05, 0) is 36.6 Å². The number of carbonyl (C=O) groups is 1. The van der Waals surface area contributed by atoms with Gasteiger partial charge in [0.2, 0.25) is 0 Å². The number of likely N-dealkylation sites (tertiary alicyclic amines) is 1. The second-order valence-electron chi connectivity index (χ2n) is 5.30. The average molecular weight is 284 g/mol. The minimum Gasteiger partial charge on any atom is -0.396 e. The summed E-state index contributed by atoms with van der Waals surface area (Å²) in [6.07, 6.45) is 1.93. The predicted octanol–water partition coefficient (Wildman–Crippen LogP) is 3.39. The Kier molecular flexibility index (Phi) is 3.60. The molecule has 1 heterocycles. The van der Waals surface area contributed by atoms with Gasteiger partial charge >= 0.3 is 0 Å². The van der Waals surface area contributed by atoms with Crippen LogP contribution in [-0.4, -0.2) is 17.4 Å². The van der Waals surface area contributed by atoms with E-state index in [4.69, 9.17) is 5.73 Å². The van der Waals surface area contributed by atoms with Gasteiger partial charge in [0.15, 0.2) is 0 Å². The molecule has 0 radical (unpaired) electrons. The lowest BCUT2D eigenvalue weighted by Crippen LogP contribution is -2.30. The van der Waals surface area contributed by atoms with Crippen molar-refractivity contribution in [3.8, 4) is 0 Å². The third kappa shape index (κ3) is 2.61. The first-order valence-corrected chi connectivity index (χ1v) is 7.08. The molecule has 1 fully saturated rings. The van der Waals surface area contributed by atoms with Gasteiger partial charge in [-0.25, -0.2) is 4.39 Å². The van der Waals surface area contributed by atoms with Crippen molar-refractivity contribution < 1.29 is 9.18 Å². The molecule has 1 unspecified atom stereocenters. The molecule has 1 atom stereocenters.